The number of carbonyl (C=O) groups excluding carboxylic acids is 1. The van der Waals surface area contributed by atoms with E-state index in [9.17, 15) is 14.9 Å². The van der Waals surface area contributed by atoms with Gasteiger partial charge in [0.2, 0.25) is 5.91 Å². The van der Waals surface area contributed by atoms with E-state index in [0.29, 0.717) is 35.8 Å². The van der Waals surface area contributed by atoms with Crippen molar-refractivity contribution in [1.82, 2.24) is 0 Å². The number of nitrogens with zero attached hydrogens (tertiary/aromatic N) is 1. The van der Waals surface area contributed by atoms with Crippen LogP contribution in [0.2, 0.25) is 0 Å². The zero-order valence-electron chi connectivity index (χ0n) is 14.7. The summed E-state index contributed by atoms with van der Waals surface area (Å²) < 4.78 is 10.3. The Morgan fingerprint density at radius 1 is 1.12 bits per heavy atom. The average Bonchev–Trinajstić information content (AvgIpc) is 2.65. The molecule has 0 fully saturated rings. The van der Waals surface area contributed by atoms with Crippen LogP contribution in [0.3, 0.4) is 0 Å². The highest BCUT2D eigenvalue weighted by Gasteiger charge is 2.12. The first-order valence-corrected chi connectivity index (χ1v) is 8.04. The highest BCUT2D eigenvalue weighted by Crippen LogP contribution is 2.29. The number of carbonyl (C=O) groups is 1. The Morgan fingerprint density at radius 2 is 1.85 bits per heavy atom. The standard InChI is InChI=1S/C18H21N3O5/c1-25-16-10-9-13(12-17(16)26-2)20-18(22)8-5-11-19-14-6-3-4-7-15(14)21(23)24/h3-4,6-7,9-10,12,19H,5,8,11H2,1-2H3,(H,20,22). The van der Waals surface area contributed by atoms with Crippen LogP contribution in [-0.2, 0) is 4.79 Å². The fourth-order valence-electron chi connectivity index (χ4n) is 2.39. The molecule has 0 aliphatic carbocycles. The van der Waals surface area contributed by atoms with Crippen LogP contribution >= 0.6 is 0 Å². The van der Waals surface area contributed by atoms with Gasteiger partial charge >= 0.3 is 0 Å². The summed E-state index contributed by atoms with van der Waals surface area (Å²) in [6.45, 7) is 0.449. The Labute approximate surface area is 151 Å². The molecule has 0 spiro atoms. The van der Waals surface area contributed by atoms with Crippen LogP contribution in [0.5, 0.6) is 11.5 Å². The number of rotatable bonds is 9. The first kappa shape index (κ1) is 19.0. The molecule has 2 rings (SSSR count). The van der Waals surface area contributed by atoms with Crippen molar-refractivity contribution in [3.8, 4) is 11.5 Å². The Hall–Kier alpha value is -3.29. The largest absolute Gasteiger partial charge is 0.493 e. The number of para-hydroxylation sites is 2. The van der Waals surface area contributed by atoms with Crippen molar-refractivity contribution in [2.45, 2.75) is 12.8 Å². The third-order valence-electron chi connectivity index (χ3n) is 3.66. The monoisotopic (exact) mass is 359 g/mol. The third-order valence-corrected chi connectivity index (χ3v) is 3.66. The molecule has 0 atom stereocenters. The molecule has 0 saturated carbocycles. The van der Waals surface area contributed by atoms with Gasteiger partial charge in [-0.3, -0.25) is 14.9 Å². The number of hydrogen-bond donors (Lipinski definition) is 2. The molecule has 1 amide bonds. The van der Waals surface area contributed by atoms with Crippen LogP contribution in [0.1, 0.15) is 12.8 Å². The van der Waals surface area contributed by atoms with Crippen molar-refractivity contribution >= 4 is 23.0 Å². The number of ether oxygens (including phenoxy) is 2. The van der Waals surface area contributed by atoms with Crippen molar-refractivity contribution in [3.63, 3.8) is 0 Å². The van der Waals surface area contributed by atoms with Gasteiger partial charge in [-0.05, 0) is 24.6 Å². The number of anilines is 2. The van der Waals surface area contributed by atoms with Gasteiger partial charge in [-0.1, -0.05) is 12.1 Å². The number of amides is 1. The zero-order chi connectivity index (χ0) is 18.9. The number of nitro groups is 1. The molecule has 8 nitrogen and oxygen atoms in total. The van der Waals surface area contributed by atoms with Crippen LogP contribution in [0, 0.1) is 10.1 Å². The molecule has 0 bridgehead atoms. The van der Waals surface area contributed by atoms with E-state index in [2.05, 4.69) is 10.6 Å². The summed E-state index contributed by atoms with van der Waals surface area (Å²) in [6, 6.07) is 11.5. The summed E-state index contributed by atoms with van der Waals surface area (Å²) in [5.74, 6) is 0.962. The molecule has 0 heterocycles. The van der Waals surface area contributed by atoms with Gasteiger partial charge in [0.05, 0.1) is 19.1 Å². The fraction of sp³-hybridized carbons (Fsp3) is 0.278. The van der Waals surface area contributed by atoms with Crippen molar-refractivity contribution in [1.29, 1.82) is 0 Å². The number of hydrogen-bond acceptors (Lipinski definition) is 6. The summed E-state index contributed by atoms with van der Waals surface area (Å²) in [5.41, 5.74) is 1.07. The molecular weight excluding hydrogens is 338 g/mol. The first-order chi connectivity index (χ1) is 12.5. The molecule has 26 heavy (non-hydrogen) atoms. The van der Waals surface area contributed by atoms with Gasteiger partial charge in [0.1, 0.15) is 5.69 Å². The molecule has 2 aromatic carbocycles. The minimum atomic E-state index is -0.438. The molecule has 0 unspecified atom stereocenters. The molecule has 8 heteroatoms. The van der Waals surface area contributed by atoms with Crippen LogP contribution in [-0.4, -0.2) is 31.6 Å². The van der Waals surface area contributed by atoms with E-state index < -0.39 is 4.92 Å². The minimum absolute atomic E-state index is 0.0160. The normalized spacial score (nSPS) is 10.1. The zero-order valence-corrected chi connectivity index (χ0v) is 14.7. The van der Waals surface area contributed by atoms with Crippen LogP contribution in [0.25, 0.3) is 0 Å². The quantitative estimate of drug-likeness (QED) is 0.404. The maximum atomic E-state index is 12.0. The van der Waals surface area contributed by atoms with E-state index in [-0.39, 0.29) is 18.0 Å². The second-order valence-corrected chi connectivity index (χ2v) is 5.42. The lowest BCUT2D eigenvalue weighted by Gasteiger charge is -2.11. The summed E-state index contributed by atoms with van der Waals surface area (Å²) >= 11 is 0. The van der Waals surface area contributed by atoms with Gasteiger partial charge in [-0.25, -0.2) is 0 Å². The number of benzene rings is 2. The topological polar surface area (TPSA) is 103 Å². The van der Waals surface area contributed by atoms with Gasteiger partial charge in [0.15, 0.2) is 11.5 Å². The molecule has 138 valence electrons. The van der Waals surface area contributed by atoms with E-state index >= 15 is 0 Å². The van der Waals surface area contributed by atoms with Gasteiger partial charge < -0.3 is 20.1 Å². The van der Waals surface area contributed by atoms with Crippen molar-refractivity contribution in [2.75, 3.05) is 31.4 Å². The van der Waals surface area contributed by atoms with E-state index in [1.165, 1.54) is 13.2 Å². The predicted octanol–water partition coefficient (Wildman–Crippen LogP) is 3.44. The molecule has 2 N–H and O–H groups in total. The van der Waals surface area contributed by atoms with Crippen molar-refractivity contribution in [3.05, 3.63) is 52.6 Å². The number of nitro benzene ring substituents is 1. The summed E-state index contributed by atoms with van der Waals surface area (Å²) in [6.07, 6.45) is 0.813. The van der Waals surface area contributed by atoms with E-state index in [1.807, 2.05) is 0 Å². The summed E-state index contributed by atoms with van der Waals surface area (Å²) in [7, 11) is 3.07. The Kier molecular flexibility index (Phi) is 6.78. The highest BCUT2D eigenvalue weighted by molar-refractivity contribution is 5.91. The van der Waals surface area contributed by atoms with Gasteiger partial charge in [-0.2, -0.15) is 0 Å². The van der Waals surface area contributed by atoms with Gasteiger partial charge in [0.25, 0.3) is 5.69 Å². The Bertz CT molecular complexity index is 779. The first-order valence-electron chi connectivity index (χ1n) is 8.04. The third kappa shape index (κ3) is 5.10. The van der Waals surface area contributed by atoms with Crippen molar-refractivity contribution in [2.24, 2.45) is 0 Å². The molecule has 0 aliphatic heterocycles. The smallest absolute Gasteiger partial charge is 0.292 e. The lowest BCUT2D eigenvalue weighted by molar-refractivity contribution is -0.384. The second-order valence-electron chi connectivity index (χ2n) is 5.42. The predicted molar refractivity (Wildman–Crippen MR) is 99.0 cm³/mol. The summed E-state index contributed by atoms with van der Waals surface area (Å²) in [5, 5.41) is 16.7. The van der Waals surface area contributed by atoms with Gasteiger partial charge in [-0.15, -0.1) is 0 Å². The minimum Gasteiger partial charge on any atom is -0.493 e. The van der Waals surface area contributed by atoms with E-state index in [0.717, 1.165) is 0 Å². The lowest BCUT2D eigenvalue weighted by Crippen LogP contribution is -2.13. The molecule has 0 saturated heterocycles. The number of nitrogens with one attached hydrogen (secondary N) is 2. The lowest BCUT2D eigenvalue weighted by atomic mass is 10.2. The maximum absolute atomic E-state index is 12.0. The average molecular weight is 359 g/mol. The van der Waals surface area contributed by atoms with Crippen molar-refractivity contribution < 1.29 is 19.2 Å². The number of methoxy groups -OCH3 is 2. The molecule has 0 aromatic heterocycles. The molecule has 0 aliphatic rings. The van der Waals surface area contributed by atoms with Crippen LogP contribution < -0.4 is 20.1 Å². The fourth-order valence-corrected chi connectivity index (χ4v) is 2.39. The van der Waals surface area contributed by atoms with E-state index in [4.69, 9.17) is 9.47 Å². The Morgan fingerprint density at radius 3 is 2.54 bits per heavy atom. The van der Waals surface area contributed by atoms with Crippen LogP contribution in [0.15, 0.2) is 42.5 Å². The SMILES string of the molecule is COc1ccc(NC(=O)CCCNc2ccccc2[N+](=O)[O-])cc1OC. The summed E-state index contributed by atoms with van der Waals surface area (Å²) in [4.78, 5) is 22.5. The maximum Gasteiger partial charge on any atom is 0.292 e. The van der Waals surface area contributed by atoms with Crippen LogP contribution in [0.4, 0.5) is 17.1 Å². The Balaban J connectivity index is 1.82. The highest BCUT2D eigenvalue weighted by atomic mass is 16.6. The van der Waals surface area contributed by atoms with Gasteiger partial charge in [0, 0.05) is 30.8 Å². The second kappa shape index (κ2) is 9.26. The molecule has 2 aromatic rings. The van der Waals surface area contributed by atoms with E-state index in [1.54, 1.807) is 43.5 Å². The molecule has 0 radical (unpaired) electrons. The molecular formula is C18H21N3O5.